The van der Waals surface area contributed by atoms with Crippen molar-refractivity contribution in [3.05, 3.63) is 29.8 Å². The molecule has 1 aromatic carbocycles. The fraction of sp³-hybridized carbons (Fsp3) is 0.538. The molecule has 0 atom stereocenters. The number of hydrogen-bond donors (Lipinski definition) is 0. The average Bonchev–Trinajstić information content (AvgIpc) is 2.79. The predicted molar refractivity (Wildman–Crippen MR) is 60.1 cm³/mol. The minimum Gasteiger partial charge on any atom is -0.497 e. The molecule has 0 saturated heterocycles. The summed E-state index contributed by atoms with van der Waals surface area (Å²) >= 11 is 0. The summed E-state index contributed by atoms with van der Waals surface area (Å²) in [6.45, 7) is 0. The van der Waals surface area contributed by atoms with Crippen molar-refractivity contribution >= 4 is 0 Å². The Kier molecular flexibility index (Phi) is 2.96. The predicted octanol–water partition coefficient (Wildman–Crippen LogP) is 3.11. The fourth-order valence-corrected chi connectivity index (χ4v) is 2.45. The van der Waals surface area contributed by atoms with Gasteiger partial charge in [0.25, 0.3) is 0 Å². The summed E-state index contributed by atoms with van der Waals surface area (Å²) in [6, 6.07) is 8.25. The Morgan fingerprint density at radius 3 is 2.07 bits per heavy atom. The molecule has 1 aromatic rings. The monoisotopic (exact) mass is 206 g/mol. The van der Waals surface area contributed by atoms with E-state index in [0.29, 0.717) is 0 Å². The molecule has 0 bridgehead atoms. The number of methoxy groups -OCH3 is 2. The molecule has 0 aliphatic heterocycles. The summed E-state index contributed by atoms with van der Waals surface area (Å²) in [5.74, 6) is 0.906. The van der Waals surface area contributed by atoms with Crippen LogP contribution in [0.3, 0.4) is 0 Å². The van der Waals surface area contributed by atoms with Crippen molar-refractivity contribution in [1.82, 2.24) is 0 Å². The van der Waals surface area contributed by atoms with Crippen LogP contribution in [-0.4, -0.2) is 14.2 Å². The first-order valence-corrected chi connectivity index (χ1v) is 5.50. The first kappa shape index (κ1) is 10.5. The second-order valence-corrected chi connectivity index (χ2v) is 4.13. The molecule has 0 amide bonds. The van der Waals surface area contributed by atoms with Crippen LogP contribution >= 0.6 is 0 Å². The molecular formula is C13H18O2. The van der Waals surface area contributed by atoms with Gasteiger partial charge >= 0.3 is 0 Å². The first-order valence-electron chi connectivity index (χ1n) is 5.50. The molecule has 2 nitrogen and oxygen atoms in total. The molecular weight excluding hydrogens is 188 g/mol. The largest absolute Gasteiger partial charge is 0.497 e. The molecule has 0 N–H and O–H groups in total. The third kappa shape index (κ3) is 1.86. The van der Waals surface area contributed by atoms with Crippen molar-refractivity contribution in [2.24, 2.45) is 0 Å². The van der Waals surface area contributed by atoms with Crippen molar-refractivity contribution in [3.63, 3.8) is 0 Å². The van der Waals surface area contributed by atoms with Gasteiger partial charge in [0.15, 0.2) is 0 Å². The minimum absolute atomic E-state index is 0.0354. The van der Waals surface area contributed by atoms with E-state index in [1.807, 2.05) is 19.2 Å². The normalized spacial score (nSPS) is 19.1. The highest BCUT2D eigenvalue weighted by molar-refractivity contribution is 5.31. The summed E-state index contributed by atoms with van der Waals surface area (Å²) in [6.07, 6.45) is 4.80. The topological polar surface area (TPSA) is 18.5 Å². The molecule has 0 heterocycles. The van der Waals surface area contributed by atoms with E-state index in [4.69, 9.17) is 9.47 Å². The van der Waals surface area contributed by atoms with Gasteiger partial charge in [0.1, 0.15) is 5.75 Å². The van der Waals surface area contributed by atoms with Crippen LogP contribution in [0.4, 0.5) is 0 Å². The van der Waals surface area contributed by atoms with E-state index in [0.717, 1.165) is 18.6 Å². The van der Waals surface area contributed by atoms with E-state index in [-0.39, 0.29) is 5.60 Å². The highest BCUT2D eigenvalue weighted by Crippen LogP contribution is 2.41. The zero-order valence-electron chi connectivity index (χ0n) is 9.45. The van der Waals surface area contributed by atoms with E-state index < -0.39 is 0 Å². The van der Waals surface area contributed by atoms with Gasteiger partial charge in [0.05, 0.1) is 12.7 Å². The zero-order valence-corrected chi connectivity index (χ0v) is 9.45. The molecule has 82 valence electrons. The molecule has 2 rings (SSSR count). The lowest BCUT2D eigenvalue weighted by atomic mass is 9.92. The second-order valence-electron chi connectivity index (χ2n) is 4.13. The summed E-state index contributed by atoms with van der Waals surface area (Å²) in [4.78, 5) is 0. The van der Waals surface area contributed by atoms with Crippen LogP contribution in [0.15, 0.2) is 24.3 Å². The minimum atomic E-state index is -0.0354. The Bertz CT molecular complexity index is 310. The Labute approximate surface area is 91.2 Å². The molecule has 0 radical (unpaired) electrons. The maximum absolute atomic E-state index is 5.72. The van der Waals surface area contributed by atoms with Crippen LogP contribution in [0, 0.1) is 0 Å². The third-order valence-electron chi connectivity index (χ3n) is 3.42. The average molecular weight is 206 g/mol. The van der Waals surface area contributed by atoms with Crippen molar-refractivity contribution in [2.75, 3.05) is 14.2 Å². The van der Waals surface area contributed by atoms with Gasteiger partial charge in [-0.15, -0.1) is 0 Å². The van der Waals surface area contributed by atoms with Crippen molar-refractivity contribution < 1.29 is 9.47 Å². The van der Waals surface area contributed by atoms with E-state index >= 15 is 0 Å². The molecule has 2 heteroatoms. The molecule has 1 aliphatic rings. The van der Waals surface area contributed by atoms with Crippen molar-refractivity contribution in [3.8, 4) is 5.75 Å². The van der Waals surface area contributed by atoms with Crippen molar-refractivity contribution in [2.45, 2.75) is 31.3 Å². The maximum Gasteiger partial charge on any atom is 0.118 e. The van der Waals surface area contributed by atoms with Crippen molar-refractivity contribution in [1.29, 1.82) is 0 Å². The fourth-order valence-electron chi connectivity index (χ4n) is 2.45. The van der Waals surface area contributed by atoms with Crippen LogP contribution in [-0.2, 0) is 10.3 Å². The second kappa shape index (κ2) is 4.23. The Morgan fingerprint density at radius 2 is 1.60 bits per heavy atom. The Balaban J connectivity index is 2.26. The summed E-state index contributed by atoms with van der Waals surface area (Å²) < 4.78 is 10.9. The van der Waals surface area contributed by atoms with Crippen LogP contribution in [0.5, 0.6) is 5.75 Å². The van der Waals surface area contributed by atoms with E-state index in [1.54, 1.807) is 7.11 Å². The molecule has 0 spiro atoms. The lowest BCUT2D eigenvalue weighted by molar-refractivity contribution is -0.00872. The summed E-state index contributed by atoms with van der Waals surface area (Å²) in [5, 5.41) is 0. The number of hydrogen-bond acceptors (Lipinski definition) is 2. The van der Waals surface area contributed by atoms with Gasteiger partial charge in [-0.05, 0) is 30.5 Å². The van der Waals surface area contributed by atoms with Crippen LogP contribution in [0.2, 0.25) is 0 Å². The van der Waals surface area contributed by atoms with E-state index in [2.05, 4.69) is 12.1 Å². The van der Waals surface area contributed by atoms with Gasteiger partial charge in [0, 0.05) is 7.11 Å². The SMILES string of the molecule is COc1ccc(C2(OC)CCCC2)cc1. The molecule has 1 saturated carbocycles. The molecule has 0 unspecified atom stereocenters. The lowest BCUT2D eigenvalue weighted by Crippen LogP contribution is -2.24. The van der Waals surface area contributed by atoms with Gasteiger partial charge in [-0.2, -0.15) is 0 Å². The van der Waals surface area contributed by atoms with Gasteiger partial charge in [-0.1, -0.05) is 25.0 Å². The summed E-state index contributed by atoms with van der Waals surface area (Å²) in [5.41, 5.74) is 1.25. The summed E-state index contributed by atoms with van der Waals surface area (Å²) in [7, 11) is 3.51. The molecule has 1 fully saturated rings. The quantitative estimate of drug-likeness (QED) is 0.756. The number of ether oxygens (including phenoxy) is 2. The number of benzene rings is 1. The Morgan fingerprint density at radius 1 is 1.00 bits per heavy atom. The maximum atomic E-state index is 5.72. The van der Waals surface area contributed by atoms with E-state index in [1.165, 1.54) is 18.4 Å². The smallest absolute Gasteiger partial charge is 0.118 e. The van der Waals surface area contributed by atoms with Crippen LogP contribution < -0.4 is 4.74 Å². The van der Waals surface area contributed by atoms with E-state index in [9.17, 15) is 0 Å². The van der Waals surface area contributed by atoms with Gasteiger partial charge in [-0.25, -0.2) is 0 Å². The zero-order chi connectivity index (χ0) is 10.7. The Hall–Kier alpha value is -1.02. The molecule has 0 aromatic heterocycles. The van der Waals surface area contributed by atoms with Crippen LogP contribution in [0.1, 0.15) is 31.2 Å². The van der Waals surface area contributed by atoms with Crippen LogP contribution in [0.25, 0.3) is 0 Å². The van der Waals surface area contributed by atoms with Gasteiger partial charge in [-0.3, -0.25) is 0 Å². The standard InChI is InChI=1S/C13H18O2/c1-14-12-7-5-11(6-8-12)13(15-2)9-3-4-10-13/h5-8H,3-4,9-10H2,1-2H3. The highest BCUT2D eigenvalue weighted by Gasteiger charge is 2.35. The van der Waals surface area contributed by atoms with Gasteiger partial charge < -0.3 is 9.47 Å². The first-order chi connectivity index (χ1) is 7.30. The third-order valence-corrected chi connectivity index (χ3v) is 3.42. The van der Waals surface area contributed by atoms with Gasteiger partial charge in [0.2, 0.25) is 0 Å². The lowest BCUT2D eigenvalue weighted by Gasteiger charge is -2.28. The highest BCUT2D eigenvalue weighted by atomic mass is 16.5. The molecule has 15 heavy (non-hydrogen) atoms. The molecule has 1 aliphatic carbocycles. The number of rotatable bonds is 3.